The van der Waals surface area contributed by atoms with Crippen LogP contribution in [0.15, 0.2) is 60.7 Å². The van der Waals surface area contributed by atoms with E-state index in [9.17, 15) is 9.90 Å². The molecule has 0 fully saturated rings. The molecule has 1 aromatic heterocycles. The molecule has 0 radical (unpaired) electrons. The quantitative estimate of drug-likeness (QED) is 0.730. The summed E-state index contributed by atoms with van der Waals surface area (Å²) in [6.07, 6.45) is 0. The number of esters is 1. The minimum Gasteiger partial charge on any atom is -0.505 e. The number of hydrogen-bond acceptors (Lipinski definition) is 3. The van der Waals surface area contributed by atoms with E-state index >= 15 is 0 Å². The fourth-order valence-electron chi connectivity index (χ4n) is 2.50. The van der Waals surface area contributed by atoms with Crippen LogP contribution >= 0.6 is 11.6 Å². The molecule has 1 N–H and O–H groups in total. The minimum absolute atomic E-state index is 0.0775. The Morgan fingerprint density at radius 3 is 2.48 bits per heavy atom. The Labute approximate surface area is 138 Å². The molecule has 0 aliphatic heterocycles. The summed E-state index contributed by atoms with van der Waals surface area (Å²) in [7, 11) is 1.28. The molecule has 5 heteroatoms. The van der Waals surface area contributed by atoms with Crippen LogP contribution in [0.1, 0.15) is 10.5 Å². The van der Waals surface area contributed by atoms with Gasteiger partial charge >= 0.3 is 5.97 Å². The predicted molar refractivity (Wildman–Crippen MR) is 89.2 cm³/mol. The standard InChI is InChI=1S/C18H14ClNO3/c1-23-18(22)17-16(21)11-15(12-6-5-7-13(19)10-12)20(17)14-8-3-2-4-9-14/h2-11,21H,1H3. The summed E-state index contributed by atoms with van der Waals surface area (Å²) in [5.74, 6) is -0.754. The zero-order valence-corrected chi connectivity index (χ0v) is 13.1. The van der Waals surface area contributed by atoms with Gasteiger partial charge in [-0.2, -0.15) is 0 Å². The van der Waals surface area contributed by atoms with Crippen molar-refractivity contribution >= 4 is 17.6 Å². The Kier molecular flexibility index (Phi) is 4.08. The smallest absolute Gasteiger partial charge is 0.358 e. The van der Waals surface area contributed by atoms with Crippen LogP contribution in [0, 0.1) is 0 Å². The van der Waals surface area contributed by atoms with Gasteiger partial charge in [0.15, 0.2) is 5.69 Å². The number of carbonyl (C=O) groups excluding carboxylic acids is 1. The van der Waals surface area contributed by atoms with Crippen LogP contribution in [0.2, 0.25) is 5.02 Å². The zero-order valence-electron chi connectivity index (χ0n) is 12.4. The number of aromatic nitrogens is 1. The van der Waals surface area contributed by atoms with Gasteiger partial charge in [0, 0.05) is 22.3 Å². The van der Waals surface area contributed by atoms with Gasteiger partial charge in [0.25, 0.3) is 0 Å². The maximum Gasteiger partial charge on any atom is 0.358 e. The van der Waals surface area contributed by atoms with Crippen LogP contribution < -0.4 is 0 Å². The number of ether oxygens (including phenoxy) is 1. The molecule has 0 spiro atoms. The number of hydrogen-bond donors (Lipinski definition) is 1. The van der Waals surface area contributed by atoms with Crippen LogP contribution in [-0.4, -0.2) is 22.8 Å². The Morgan fingerprint density at radius 2 is 1.83 bits per heavy atom. The van der Waals surface area contributed by atoms with Crippen LogP contribution in [0.5, 0.6) is 5.75 Å². The molecule has 0 unspecified atom stereocenters. The van der Waals surface area contributed by atoms with Crippen molar-refractivity contribution < 1.29 is 14.6 Å². The number of para-hydroxylation sites is 1. The van der Waals surface area contributed by atoms with Crippen molar-refractivity contribution in [3.8, 4) is 22.7 Å². The number of halogens is 1. The van der Waals surface area contributed by atoms with Crippen molar-refractivity contribution in [1.29, 1.82) is 0 Å². The van der Waals surface area contributed by atoms with Crippen LogP contribution in [0.3, 0.4) is 0 Å². The Morgan fingerprint density at radius 1 is 1.09 bits per heavy atom. The van der Waals surface area contributed by atoms with Gasteiger partial charge < -0.3 is 14.4 Å². The first-order chi connectivity index (χ1) is 11.1. The number of benzene rings is 2. The highest BCUT2D eigenvalue weighted by Crippen LogP contribution is 2.34. The van der Waals surface area contributed by atoms with Gasteiger partial charge in [-0.3, -0.25) is 0 Å². The molecule has 0 aliphatic carbocycles. The second-order valence-corrected chi connectivity index (χ2v) is 5.37. The van der Waals surface area contributed by atoms with E-state index in [0.29, 0.717) is 10.7 Å². The first-order valence-electron chi connectivity index (χ1n) is 6.96. The molecule has 0 saturated heterocycles. The summed E-state index contributed by atoms with van der Waals surface area (Å²) >= 11 is 6.07. The first kappa shape index (κ1) is 15.2. The highest BCUT2D eigenvalue weighted by Gasteiger charge is 2.23. The predicted octanol–water partition coefficient (Wildman–Crippen LogP) is 4.29. The fourth-order valence-corrected chi connectivity index (χ4v) is 2.69. The molecule has 3 aromatic rings. The second-order valence-electron chi connectivity index (χ2n) is 4.94. The van der Waals surface area contributed by atoms with E-state index in [-0.39, 0.29) is 11.4 Å². The van der Waals surface area contributed by atoms with Crippen molar-refractivity contribution in [3.63, 3.8) is 0 Å². The van der Waals surface area contributed by atoms with E-state index in [2.05, 4.69) is 0 Å². The molecule has 0 aliphatic rings. The fraction of sp³-hybridized carbons (Fsp3) is 0.0556. The van der Waals surface area contributed by atoms with E-state index < -0.39 is 5.97 Å². The van der Waals surface area contributed by atoms with Gasteiger partial charge in [0.1, 0.15) is 5.75 Å². The highest BCUT2D eigenvalue weighted by molar-refractivity contribution is 6.30. The average molecular weight is 328 g/mol. The molecule has 0 atom stereocenters. The maximum atomic E-state index is 12.1. The van der Waals surface area contributed by atoms with Gasteiger partial charge in [-0.1, -0.05) is 41.9 Å². The van der Waals surface area contributed by atoms with E-state index in [1.54, 1.807) is 16.7 Å². The van der Waals surface area contributed by atoms with Crippen molar-refractivity contribution in [2.45, 2.75) is 0 Å². The lowest BCUT2D eigenvalue weighted by Crippen LogP contribution is -2.10. The average Bonchev–Trinajstić information content (AvgIpc) is 2.92. The van der Waals surface area contributed by atoms with Crippen molar-refractivity contribution in [2.75, 3.05) is 7.11 Å². The third kappa shape index (κ3) is 2.81. The summed E-state index contributed by atoms with van der Waals surface area (Å²) in [5.41, 5.74) is 2.25. The van der Waals surface area contributed by atoms with Crippen LogP contribution in [0.25, 0.3) is 16.9 Å². The van der Waals surface area contributed by atoms with E-state index in [1.165, 1.54) is 13.2 Å². The van der Waals surface area contributed by atoms with Crippen LogP contribution in [0.4, 0.5) is 0 Å². The second kappa shape index (κ2) is 6.18. The third-order valence-corrected chi connectivity index (χ3v) is 3.73. The Balaban J connectivity index is 2.31. The lowest BCUT2D eigenvalue weighted by molar-refractivity contribution is 0.0588. The first-order valence-corrected chi connectivity index (χ1v) is 7.34. The molecule has 2 aromatic carbocycles. The highest BCUT2D eigenvalue weighted by atomic mass is 35.5. The minimum atomic E-state index is -0.611. The molecule has 116 valence electrons. The third-order valence-electron chi connectivity index (χ3n) is 3.49. The van der Waals surface area contributed by atoms with Crippen molar-refractivity contribution in [3.05, 3.63) is 71.4 Å². The van der Waals surface area contributed by atoms with E-state index in [0.717, 1.165) is 11.3 Å². The Hall–Kier alpha value is -2.72. The maximum absolute atomic E-state index is 12.1. The van der Waals surface area contributed by atoms with Gasteiger partial charge in [0.05, 0.1) is 12.8 Å². The molecule has 4 nitrogen and oxygen atoms in total. The zero-order chi connectivity index (χ0) is 16.4. The SMILES string of the molecule is COC(=O)c1c(O)cc(-c2cccc(Cl)c2)n1-c1ccccc1. The number of methoxy groups -OCH3 is 1. The van der Waals surface area contributed by atoms with Crippen molar-refractivity contribution in [2.24, 2.45) is 0 Å². The largest absolute Gasteiger partial charge is 0.505 e. The summed E-state index contributed by atoms with van der Waals surface area (Å²) in [6.45, 7) is 0. The summed E-state index contributed by atoms with van der Waals surface area (Å²) in [5, 5.41) is 10.8. The van der Waals surface area contributed by atoms with E-state index in [4.69, 9.17) is 16.3 Å². The number of nitrogens with zero attached hydrogens (tertiary/aromatic N) is 1. The molecule has 0 amide bonds. The lowest BCUT2D eigenvalue weighted by Gasteiger charge is -2.12. The molecular weight excluding hydrogens is 314 g/mol. The van der Waals surface area contributed by atoms with Crippen LogP contribution in [-0.2, 0) is 4.74 Å². The monoisotopic (exact) mass is 327 g/mol. The molecule has 0 saturated carbocycles. The number of rotatable bonds is 3. The lowest BCUT2D eigenvalue weighted by atomic mass is 10.1. The topological polar surface area (TPSA) is 51.5 Å². The van der Waals surface area contributed by atoms with Gasteiger partial charge in [-0.05, 0) is 24.3 Å². The van der Waals surface area contributed by atoms with Gasteiger partial charge in [-0.25, -0.2) is 4.79 Å². The Bertz CT molecular complexity index is 856. The van der Waals surface area contributed by atoms with Gasteiger partial charge in [0.2, 0.25) is 0 Å². The molecule has 1 heterocycles. The normalized spacial score (nSPS) is 10.5. The van der Waals surface area contributed by atoms with E-state index in [1.807, 2.05) is 42.5 Å². The molecule has 3 rings (SSSR count). The molecular formula is C18H14ClNO3. The van der Waals surface area contributed by atoms with Gasteiger partial charge in [-0.15, -0.1) is 0 Å². The summed E-state index contributed by atoms with van der Waals surface area (Å²) in [4.78, 5) is 12.1. The molecule has 23 heavy (non-hydrogen) atoms. The number of aromatic hydroxyl groups is 1. The summed E-state index contributed by atoms with van der Waals surface area (Å²) < 4.78 is 6.47. The summed E-state index contributed by atoms with van der Waals surface area (Å²) in [6, 6.07) is 18.0. The van der Waals surface area contributed by atoms with Crippen molar-refractivity contribution in [1.82, 2.24) is 4.57 Å². The number of carbonyl (C=O) groups is 1. The molecule has 0 bridgehead atoms.